The summed E-state index contributed by atoms with van der Waals surface area (Å²) in [4.78, 5) is 44.5. The van der Waals surface area contributed by atoms with E-state index in [0.717, 1.165) is 48.6 Å². The van der Waals surface area contributed by atoms with Crippen LogP contribution in [0.4, 0.5) is 0 Å². The highest BCUT2D eigenvalue weighted by Crippen LogP contribution is 2.39. The Labute approximate surface area is 264 Å². The summed E-state index contributed by atoms with van der Waals surface area (Å²) in [6.07, 6.45) is 4.19. The first-order valence-electron chi connectivity index (χ1n) is 14.6. The van der Waals surface area contributed by atoms with Crippen molar-refractivity contribution in [3.05, 3.63) is 57.5 Å². The topological polar surface area (TPSA) is 116 Å². The standard InChI is InChI=1S/C30H34BrClN4O6S/c1-42-25-13-10-21(32)15-26(25)43(40,41)35-16-23(33-28(37)19-4-2-3-5-19)29(38)36-24(14-18-6-8-20(31)9-7-18)30(39)34(17-27(35)36)22-11-12-22/h6-10,13,15,19,22-24,27H,2-5,11-12,14,16-17H2,1H3,(H,33,37). The monoisotopic (exact) mass is 692 g/mol. The Morgan fingerprint density at radius 1 is 1.02 bits per heavy atom. The Kier molecular flexibility index (Phi) is 8.49. The predicted octanol–water partition coefficient (Wildman–Crippen LogP) is 3.56. The molecular formula is C30H34BrClN4O6S. The third-order valence-corrected chi connectivity index (χ3v) is 11.6. The lowest BCUT2D eigenvalue weighted by atomic mass is 9.96. The Morgan fingerprint density at radius 2 is 1.72 bits per heavy atom. The number of carbonyl (C=O) groups is 3. The molecule has 4 aliphatic rings. The SMILES string of the molecule is COc1ccc(Cl)cc1S(=O)(=O)N1CC(NC(=O)C2CCCC2)C(=O)N2C(Cc3ccc(Br)cc3)C(=O)N(C3CC3)CC21. The second-order valence-electron chi connectivity index (χ2n) is 11.7. The molecule has 6 rings (SSSR count). The first kappa shape index (κ1) is 30.4. The van der Waals surface area contributed by atoms with Gasteiger partial charge in [-0.3, -0.25) is 14.4 Å². The molecule has 4 fully saturated rings. The highest BCUT2D eigenvalue weighted by Gasteiger charge is 2.56. The van der Waals surface area contributed by atoms with Crippen molar-refractivity contribution >= 4 is 55.3 Å². The third kappa shape index (κ3) is 5.91. The molecule has 43 heavy (non-hydrogen) atoms. The average molecular weight is 694 g/mol. The molecule has 1 N–H and O–H groups in total. The number of sulfonamides is 1. The van der Waals surface area contributed by atoms with Crippen molar-refractivity contribution < 1.29 is 27.5 Å². The van der Waals surface area contributed by atoms with Crippen molar-refractivity contribution in [1.29, 1.82) is 0 Å². The Bertz CT molecular complexity index is 1530. The van der Waals surface area contributed by atoms with Crippen LogP contribution in [-0.2, 0) is 30.8 Å². The van der Waals surface area contributed by atoms with Crippen molar-refractivity contribution in [3.63, 3.8) is 0 Å². The molecule has 3 unspecified atom stereocenters. The van der Waals surface area contributed by atoms with Crippen LogP contribution in [0, 0.1) is 5.92 Å². The molecule has 2 aromatic rings. The number of benzene rings is 2. The van der Waals surface area contributed by atoms with E-state index in [0.29, 0.717) is 0 Å². The largest absolute Gasteiger partial charge is 0.495 e. The summed E-state index contributed by atoms with van der Waals surface area (Å²) in [6, 6.07) is 9.74. The van der Waals surface area contributed by atoms with E-state index >= 15 is 0 Å². The van der Waals surface area contributed by atoms with E-state index in [2.05, 4.69) is 21.2 Å². The van der Waals surface area contributed by atoms with E-state index in [1.807, 2.05) is 24.3 Å². The van der Waals surface area contributed by atoms with Crippen LogP contribution in [0.15, 0.2) is 51.8 Å². The predicted molar refractivity (Wildman–Crippen MR) is 163 cm³/mol. The highest BCUT2D eigenvalue weighted by molar-refractivity contribution is 9.10. The van der Waals surface area contributed by atoms with Gasteiger partial charge in [-0.1, -0.05) is 52.5 Å². The number of hydrogen-bond acceptors (Lipinski definition) is 6. The molecule has 2 heterocycles. The molecule has 0 aromatic heterocycles. The zero-order valence-corrected chi connectivity index (χ0v) is 26.9. The molecule has 230 valence electrons. The fraction of sp³-hybridized carbons (Fsp3) is 0.500. The maximum atomic E-state index is 14.5. The van der Waals surface area contributed by atoms with Crippen molar-refractivity contribution in [2.45, 2.75) is 74.1 Å². The lowest BCUT2D eigenvalue weighted by Crippen LogP contribution is -2.76. The van der Waals surface area contributed by atoms with Crippen LogP contribution in [-0.4, -0.2) is 84.7 Å². The van der Waals surface area contributed by atoms with Crippen molar-refractivity contribution in [2.75, 3.05) is 20.2 Å². The van der Waals surface area contributed by atoms with Gasteiger partial charge in [0, 0.05) is 34.4 Å². The molecule has 3 atom stereocenters. The Balaban J connectivity index is 1.43. The summed E-state index contributed by atoms with van der Waals surface area (Å²) in [7, 11) is -2.95. The number of nitrogens with one attached hydrogen (secondary N) is 1. The van der Waals surface area contributed by atoms with Crippen molar-refractivity contribution in [3.8, 4) is 5.75 Å². The van der Waals surface area contributed by atoms with E-state index in [9.17, 15) is 22.8 Å². The maximum absolute atomic E-state index is 14.5. The van der Waals surface area contributed by atoms with E-state index in [1.54, 1.807) is 11.0 Å². The number of rotatable bonds is 8. The molecule has 0 bridgehead atoms. The molecule has 2 aromatic carbocycles. The van der Waals surface area contributed by atoms with E-state index in [-0.39, 0.29) is 59.0 Å². The van der Waals surface area contributed by atoms with Crippen LogP contribution >= 0.6 is 27.5 Å². The van der Waals surface area contributed by atoms with Gasteiger partial charge in [-0.25, -0.2) is 8.42 Å². The first-order chi connectivity index (χ1) is 20.6. The quantitative estimate of drug-likeness (QED) is 0.452. The molecule has 2 aliphatic heterocycles. The van der Waals surface area contributed by atoms with Crippen LogP contribution in [0.5, 0.6) is 5.75 Å². The molecule has 0 spiro atoms. The van der Waals surface area contributed by atoms with Gasteiger partial charge >= 0.3 is 0 Å². The van der Waals surface area contributed by atoms with Crippen molar-refractivity contribution in [1.82, 2.24) is 19.4 Å². The first-order valence-corrected chi connectivity index (χ1v) is 17.2. The van der Waals surface area contributed by atoms with Crippen LogP contribution in [0.2, 0.25) is 5.02 Å². The molecule has 13 heteroatoms. The molecular weight excluding hydrogens is 660 g/mol. The second kappa shape index (κ2) is 12.0. The number of nitrogens with zero attached hydrogens (tertiary/aromatic N) is 3. The Hall–Kier alpha value is -2.67. The van der Waals surface area contributed by atoms with Crippen LogP contribution in [0.3, 0.4) is 0 Å². The van der Waals surface area contributed by atoms with Gasteiger partial charge in [0.25, 0.3) is 0 Å². The summed E-state index contributed by atoms with van der Waals surface area (Å²) in [5, 5.41) is 3.08. The van der Waals surface area contributed by atoms with Gasteiger partial charge < -0.3 is 19.9 Å². The van der Waals surface area contributed by atoms with Crippen LogP contribution in [0.1, 0.15) is 44.1 Å². The normalized spacial score (nSPS) is 25.1. The fourth-order valence-corrected chi connectivity index (χ4v) is 8.80. The van der Waals surface area contributed by atoms with E-state index in [1.165, 1.54) is 28.4 Å². The van der Waals surface area contributed by atoms with Gasteiger partial charge in [-0.05, 0) is 61.6 Å². The number of halogens is 2. The van der Waals surface area contributed by atoms with Crippen LogP contribution in [0.25, 0.3) is 0 Å². The number of fused-ring (bicyclic) bond motifs is 1. The lowest BCUT2D eigenvalue weighted by molar-refractivity contribution is -0.168. The maximum Gasteiger partial charge on any atom is 0.248 e. The summed E-state index contributed by atoms with van der Waals surface area (Å²) in [5.74, 6) is -1.05. The summed E-state index contributed by atoms with van der Waals surface area (Å²) >= 11 is 9.69. The lowest BCUT2D eigenvalue weighted by Gasteiger charge is -2.53. The zero-order valence-electron chi connectivity index (χ0n) is 23.7. The van der Waals surface area contributed by atoms with Gasteiger partial charge in [0.05, 0.1) is 13.7 Å². The van der Waals surface area contributed by atoms with E-state index < -0.39 is 34.2 Å². The third-order valence-electron chi connectivity index (χ3n) is 8.92. The molecule has 0 radical (unpaired) electrons. The summed E-state index contributed by atoms with van der Waals surface area (Å²) in [5.41, 5.74) is 0.828. The van der Waals surface area contributed by atoms with E-state index in [4.69, 9.17) is 16.3 Å². The van der Waals surface area contributed by atoms with Crippen molar-refractivity contribution in [2.24, 2.45) is 5.92 Å². The smallest absolute Gasteiger partial charge is 0.248 e. The fourth-order valence-electron chi connectivity index (χ4n) is 6.53. The number of hydrogen-bond donors (Lipinski definition) is 1. The van der Waals surface area contributed by atoms with Gasteiger partial charge in [0.15, 0.2) is 0 Å². The molecule has 2 aliphatic carbocycles. The number of piperazine rings is 1. The zero-order chi connectivity index (χ0) is 30.5. The number of methoxy groups -OCH3 is 1. The van der Waals surface area contributed by atoms with Gasteiger partial charge in [0.1, 0.15) is 28.9 Å². The second-order valence-corrected chi connectivity index (χ2v) is 14.9. The number of ether oxygens (including phenoxy) is 1. The van der Waals surface area contributed by atoms with Gasteiger partial charge in [0.2, 0.25) is 27.7 Å². The minimum absolute atomic E-state index is 0.00206. The average Bonchev–Trinajstić information content (AvgIpc) is 3.68. The summed E-state index contributed by atoms with van der Waals surface area (Å²) in [6.45, 7) is -0.231. The number of amides is 3. The minimum Gasteiger partial charge on any atom is -0.495 e. The summed E-state index contributed by atoms with van der Waals surface area (Å²) < 4.78 is 36.5. The van der Waals surface area contributed by atoms with Gasteiger partial charge in [-0.15, -0.1) is 0 Å². The van der Waals surface area contributed by atoms with Crippen LogP contribution < -0.4 is 10.1 Å². The molecule has 3 amide bonds. The molecule has 10 nitrogen and oxygen atoms in total. The molecule has 2 saturated heterocycles. The molecule has 2 saturated carbocycles. The number of carbonyl (C=O) groups excluding carboxylic acids is 3. The highest BCUT2D eigenvalue weighted by atomic mass is 79.9. The Morgan fingerprint density at radius 3 is 2.37 bits per heavy atom. The van der Waals surface area contributed by atoms with Gasteiger partial charge in [-0.2, -0.15) is 4.31 Å². The minimum atomic E-state index is -4.32.